The summed E-state index contributed by atoms with van der Waals surface area (Å²) in [5, 5.41) is 21.3. The lowest BCUT2D eigenvalue weighted by atomic mass is 10.2. The molecule has 26 heavy (non-hydrogen) atoms. The van der Waals surface area contributed by atoms with Gasteiger partial charge in [0.05, 0.1) is 24.3 Å². The second-order valence-corrected chi connectivity index (χ2v) is 7.08. The number of carbonyl (C=O) groups is 2. The van der Waals surface area contributed by atoms with Crippen LogP contribution in [-0.2, 0) is 4.74 Å². The van der Waals surface area contributed by atoms with Gasteiger partial charge < -0.3 is 25.0 Å². The summed E-state index contributed by atoms with van der Waals surface area (Å²) in [6, 6.07) is 7.68. The highest BCUT2D eigenvalue weighted by molar-refractivity contribution is 5.90. The molecule has 1 aliphatic rings. The van der Waals surface area contributed by atoms with Gasteiger partial charge in [-0.3, -0.25) is 0 Å². The molecule has 1 fully saturated rings. The summed E-state index contributed by atoms with van der Waals surface area (Å²) in [5.41, 5.74) is 0.336. The normalized spacial score (nSPS) is 17.4. The highest BCUT2D eigenvalue weighted by Crippen LogP contribution is 2.17. The number of amides is 3. The second kappa shape index (κ2) is 8.06. The van der Waals surface area contributed by atoms with Crippen LogP contribution in [0.25, 0.3) is 0 Å². The van der Waals surface area contributed by atoms with Gasteiger partial charge in [0.2, 0.25) is 0 Å². The van der Waals surface area contributed by atoms with E-state index < -0.39 is 17.7 Å². The van der Waals surface area contributed by atoms with Gasteiger partial charge in [-0.05, 0) is 39.0 Å². The average molecular weight is 360 g/mol. The quantitative estimate of drug-likeness (QED) is 0.839. The van der Waals surface area contributed by atoms with Crippen molar-refractivity contribution in [1.29, 1.82) is 5.26 Å². The maximum atomic E-state index is 12.5. The minimum absolute atomic E-state index is 0.192. The van der Waals surface area contributed by atoms with Crippen LogP contribution in [0.3, 0.4) is 0 Å². The molecule has 8 nitrogen and oxygen atoms in total. The molecular weight excluding hydrogens is 336 g/mol. The summed E-state index contributed by atoms with van der Waals surface area (Å²) < 4.78 is 5.34. The molecule has 0 aliphatic carbocycles. The van der Waals surface area contributed by atoms with Crippen LogP contribution in [0.4, 0.5) is 15.3 Å². The van der Waals surface area contributed by atoms with Gasteiger partial charge in [-0.15, -0.1) is 0 Å². The lowest BCUT2D eigenvalue weighted by molar-refractivity contribution is 0.00416. The van der Waals surface area contributed by atoms with Crippen LogP contribution >= 0.6 is 0 Å². The SMILES string of the molecule is CC(C)(C)OC(=O)N1CCN(C(=O)Nc2cccc(C#N)c2)C(CO)C1. The molecule has 140 valence electrons. The van der Waals surface area contributed by atoms with Gasteiger partial charge in [-0.1, -0.05) is 6.07 Å². The molecule has 1 aromatic carbocycles. The summed E-state index contributed by atoms with van der Waals surface area (Å²) in [6.07, 6.45) is -0.460. The van der Waals surface area contributed by atoms with E-state index in [0.29, 0.717) is 17.8 Å². The minimum Gasteiger partial charge on any atom is -0.444 e. The van der Waals surface area contributed by atoms with E-state index in [1.54, 1.807) is 45.0 Å². The monoisotopic (exact) mass is 360 g/mol. The topological polar surface area (TPSA) is 106 Å². The molecule has 1 heterocycles. The molecule has 0 saturated carbocycles. The number of carbonyl (C=O) groups excluding carboxylic acids is 2. The number of hydrogen-bond acceptors (Lipinski definition) is 5. The van der Waals surface area contributed by atoms with E-state index in [-0.39, 0.29) is 25.7 Å². The van der Waals surface area contributed by atoms with Gasteiger partial charge >= 0.3 is 12.1 Å². The zero-order chi connectivity index (χ0) is 19.3. The Morgan fingerprint density at radius 2 is 2.12 bits per heavy atom. The number of nitrogens with zero attached hydrogens (tertiary/aromatic N) is 3. The molecule has 3 amide bonds. The predicted octanol–water partition coefficient (Wildman–Crippen LogP) is 2.00. The number of piperazine rings is 1. The highest BCUT2D eigenvalue weighted by atomic mass is 16.6. The fourth-order valence-corrected chi connectivity index (χ4v) is 2.63. The first-order chi connectivity index (χ1) is 12.2. The summed E-state index contributed by atoms with van der Waals surface area (Å²) in [4.78, 5) is 27.7. The van der Waals surface area contributed by atoms with Crippen molar-refractivity contribution in [2.75, 3.05) is 31.6 Å². The molecule has 0 spiro atoms. The summed E-state index contributed by atoms with van der Waals surface area (Å²) >= 11 is 0. The van der Waals surface area contributed by atoms with Crippen molar-refractivity contribution in [3.05, 3.63) is 29.8 Å². The van der Waals surface area contributed by atoms with Gasteiger partial charge in [-0.2, -0.15) is 5.26 Å². The number of aliphatic hydroxyl groups excluding tert-OH is 1. The van der Waals surface area contributed by atoms with E-state index in [1.165, 1.54) is 9.80 Å². The molecule has 2 rings (SSSR count). The van der Waals surface area contributed by atoms with Crippen molar-refractivity contribution in [3.8, 4) is 6.07 Å². The Bertz CT molecular complexity index is 708. The maximum absolute atomic E-state index is 12.5. The number of ether oxygens (including phenoxy) is 1. The van der Waals surface area contributed by atoms with E-state index >= 15 is 0 Å². The Balaban J connectivity index is 2.01. The molecule has 1 atom stereocenters. The Labute approximate surface area is 152 Å². The number of urea groups is 1. The summed E-state index contributed by atoms with van der Waals surface area (Å²) in [7, 11) is 0. The zero-order valence-electron chi connectivity index (χ0n) is 15.2. The number of nitriles is 1. The van der Waals surface area contributed by atoms with Crippen molar-refractivity contribution in [2.24, 2.45) is 0 Å². The first kappa shape index (κ1) is 19.5. The van der Waals surface area contributed by atoms with Crippen molar-refractivity contribution in [2.45, 2.75) is 32.4 Å². The third kappa shape index (κ3) is 5.10. The van der Waals surface area contributed by atoms with Crippen molar-refractivity contribution in [3.63, 3.8) is 0 Å². The molecule has 0 radical (unpaired) electrons. The van der Waals surface area contributed by atoms with E-state index in [2.05, 4.69) is 5.32 Å². The van der Waals surface area contributed by atoms with Crippen LogP contribution in [0.2, 0.25) is 0 Å². The maximum Gasteiger partial charge on any atom is 0.410 e. The molecular formula is C18H24N4O4. The molecule has 2 N–H and O–H groups in total. The zero-order valence-corrected chi connectivity index (χ0v) is 15.2. The fourth-order valence-electron chi connectivity index (χ4n) is 2.63. The van der Waals surface area contributed by atoms with Crippen LogP contribution < -0.4 is 5.32 Å². The van der Waals surface area contributed by atoms with Crippen LogP contribution in [0, 0.1) is 11.3 Å². The van der Waals surface area contributed by atoms with Crippen molar-refractivity contribution < 1.29 is 19.4 Å². The van der Waals surface area contributed by atoms with Crippen LogP contribution in [0.5, 0.6) is 0 Å². The summed E-state index contributed by atoms with van der Waals surface area (Å²) in [6.45, 7) is 5.86. The van der Waals surface area contributed by atoms with Gasteiger partial charge in [-0.25, -0.2) is 9.59 Å². The Morgan fingerprint density at radius 3 is 2.73 bits per heavy atom. The van der Waals surface area contributed by atoms with Crippen LogP contribution in [0.15, 0.2) is 24.3 Å². The smallest absolute Gasteiger partial charge is 0.410 e. The molecule has 1 unspecified atom stereocenters. The largest absolute Gasteiger partial charge is 0.444 e. The van der Waals surface area contributed by atoms with Crippen molar-refractivity contribution >= 4 is 17.8 Å². The van der Waals surface area contributed by atoms with Gasteiger partial charge in [0, 0.05) is 25.3 Å². The van der Waals surface area contributed by atoms with Gasteiger partial charge in [0.15, 0.2) is 0 Å². The third-order valence-corrected chi connectivity index (χ3v) is 3.85. The number of nitrogens with one attached hydrogen (secondary N) is 1. The first-order valence-electron chi connectivity index (χ1n) is 8.40. The van der Waals surface area contributed by atoms with Crippen LogP contribution in [0.1, 0.15) is 26.3 Å². The van der Waals surface area contributed by atoms with E-state index in [9.17, 15) is 14.7 Å². The fraction of sp³-hybridized carbons (Fsp3) is 0.500. The number of aliphatic hydroxyl groups is 1. The Morgan fingerprint density at radius 1 is 1.38 bits per heavy atom. The number of rotatable bonds is 2. The molecule has 1 aliphatic heterocycles. The number of anilines is 1. The lowest BCUT2D eigenvalue weighted by Gasteiger charge is -2.40. The van der Waals surface area contributed by atoms with Gasteiger partial charge in [0.25, 0.3) is 0 Å². The molecule has 8 heteroatoms. The van der Waals surface area contributed by atoms with E-state index in [4.69, 9.17) is 10.00 Å². The van der Waals surface area contributed by atoms with Gasteiger partial charge in [0.1, 0.15) is 5.60 Å². The Kier molecular flexibility index (Phi) is 6.05. The average Bonchev–Trinajstić information content (AvgIpc) is 2.59. The number of benzene rings is 1. The molecule has 1 saturated heterocycles. The standard InChI is InChI=1S/C18H24N4O4/c1-18(2,3)26-17(25)21-7-8-22(15(11-21)12-23)16(24)20-14-6-4-5-13(9-14)10-19/h4-6,9,15,23H,7-8,11-12H2,1-3H3,(H,20,24). The minimum atomic E-state index is -0.605. The summed E-state index contributed by atoms with van der Waals surface area (Å²) in [5.74, 6) is 0. The van der Waals surface area contributed by atoms with Crippen molar-refractivity contribution in [1.82, 2.24) is 9.80 Å². The predicted molar refractivity (Wildman–Crippen MR) is 95.6 cm³/mol. The second-order valence-electron chi connectivity index (χ2n) is 7.08. The lowest BCUT2D eigenvalue weighted by Crippen LogP contribution is -2.59. The highest BCUT2D eigenvalue weighted by Gasteiger charge is 2.34. The van der Waals surface area contributed by atoms with Crippen LogP contribution in [-0.4, -0.2) is 64.9 Å². The first-order valence-corrected chi connectivity index (χ1v) is 8.40. The van der Waals surface area contributed by atoms with E-state index in [1.807, 2.05) is 6.07 Å². The molecule has 0 aromatic heterocycles. The van der Waals surface area contributed by atoms with E-state index in [0.717, 1.165) is 0 Å². The molecule has 1 aromatic rings. The number of hydrogen-bond donors (Lipinski definition) is 2. The molecule has 0 bridgehead atoms. The third-order valence-electron chi connectivity index (χ3n) is 3.85. The Hall–Kier alpha value is -2.79.